The summed E-state index contributed by atoms with van der Waals surface area (Å²) in [6, 6.07) is 13.8. The summed E-state index contributed by atoms with van der Waals surface area (Å²) in [5.74, 6) is 0.224. The molecule has 1 unspecified atom stereocenters. The van der Waals surface area contributed by atoms with Crippen LogP contribution in [0.25, 0.3) is 21.8 Å². The third kappa shape index (κ3) is 7.90. The number of ketones is 2. The number of nitrogens with zero attached hydrogens (tertiary/aromatic N) is 2. The van der Waals surface area contributed by atoms with Crippen molar-refractivity contribution in [1.29, 1.82) is 0 Å². The number of hydrogen-bond donors (Lipinski definition) is 2. The van der Waals surface area contributed by atoms with Crippen molar-refractivity contribution >= 4 is 23.7 Å². The van der Waals surface area contributed by atoms with Crippen LogP contribution in [-0.2, 0) is 9.59 Å². The molecule has 39 heavy (non-hydrogen) atoms. The van der Waals surface area contributed by atoms with Gasteiger partial charge in [0.05, 0.1) is 13.1 Å². The van der Waals surface area contributed by atoms with Gasteiger partial charge >= 0.3 is 0 Å². The van der Waals surface area contributed by atoms with E-state index >= 15 is 0 Å². The zero-order valence-corrected chi connectivity index (χ0v) is 22.4. The Bertz CT molecular complexity index is 1430. The summed E-state index contributed by atoms with van der Waals surface area (Å²) in [4.78, 5) is 29.9. The number of benzene rings is 2. The van der Waals surface area contributed by atoms with E-state index in [9.17, 15) is 19.8 Å². The summed E-state index contributed by atoms with van der Waals surface area (Å²) in [5, 5.41) is 18.5. The van der Waals surface area contributed by atoms with Gasteiger partial charge in [0, 0.05) is 12.3 Å². The van der Waals surface area contributed by atoms with Crippen LogP contribution in [0.2, 0.25) is 0 Å². The molecule has 0 fully saturated rings. The molecule has 0 radical (unpaired) electrons. The van der Waals surface area contributed by atoms with Gasteiger partial charge in [-0.1, -0.05) is 81.5 Å². The Hall–Kier alpha value is -4.68. The van der Waals surface area contributed by atoms with E-state index in [4.69, 9.17) is 13.1 Å². The van der Waals surface area contributed by atoms with Crippen molar-refractivity contribution < 1.29 is 19.8 Å². The second kappa shape index (κ2) is 12.2. The van der Waals surface area contributed by atoms with Crippen molar-refractivity contribution in [3.63, 3.8) is 0 Å². The first kappa shape index (κ1) is 28.9. The molecule has 0 bridgehead atoms. The normalized spacial score (nSPS) is 24.8. The molecular formula is C33H32N2O4. The number of hydrogen-bond acceptors (Lipinski definition) is 4. The van der Waals surface area contributed by atoms with Gasteiger partial charge in [-0.15, -0.1) is 0 Å². The number of aromatic hydroxyl groups is 2. The SMILES string of the molecule is [C-]#[N+]C1=C[C@](C)(/C=C/c2ccc(O)cc2)CC(C)C1=O.[C-]#[N+]C1=C[C@](C)(/C=C/c2ccc(O)cc2)CCC1=O. The minimum Gasteiger partial charge on any atom is -0.508 e. The van der Waals surface area contributed by atoms with Gasteiger partial charge in [-0.05, 0) is 59.1 Å². The second-order valence-corrected chi connectivity index (χ2v) is 10.5. The molecule has 0 saturated heterocycles. The van der Waals surface area contributed by atoms with Gasteiger partial charge in [0.15, 0.2) is 11.6 Å². The molecule has 2 N–H and O–H groups in total. The fourth-order valence-corrected chi connectivity index (χ4v) is 4.60. The number of phenols is 2. The number of Topliss-reactive ketones (excluding diaryl/α,β-unsaturated/α-hetero) is 2. The molecule has 0 saturated carbocycles. The van der Waals surface area contributed by atoms with Gasteiger partial charge < -0.3 is 19.8 Å². The maximum absolute atomic E-state index is 11.8. The molecule has 0 heterocycles. The Labute approximate surface area is 230 Å². The van der Waals surface area contributed by atoms with Gasteiger partial charge in [0.25, 0.3) is 0 Å². The van der Waals surface area contributed by atoms with Gasteiger partial charge in [-0.3, -0.25) is 0 Å². The number of carbonyl (C=O) groups excluding carboxylic acids is 2. The molecular weight excluding hydrogens is 488 g/mol. The van der Waals surface area contributed by atoms with Gasteiger partial charge in [-0.25, -0.2) is 9.69 Å². The van der Waals surface area contributed by atoms with E-state index in [1.165, 1.54) is 0 Å². The minimum atomic E-state index is -0.287. The molecule has 198 valence electrons. The first-order valence-corrected chi connectivity index (χ1v) is 12.7. The highest BCUT2D eigenvalue weighted by molar-refractivity contribution is 5.99. The largest absolute Gasteiger partial charge is 0.508 e. The third-order valence-electron chi connectivity index (χ3n) is 6.90. The lowest BCUT2D eigenvalue weighted by molar-refractivity contribution is -0.119. The lowest BCUT2D eigenvalue weighted by Crippen LogP contribution is -2.27. The molecule has 6 heteroatoms. The zero-order chi connectivity index (χ0) is 28.6. The summed E-state index contributed by atoms with van der Waals surface area (Å²) >= 11 is 0. The molecule has 4 rings (SSSR count). The minimum absolute atomic E-state index is 0.0597. The van der Waals surface area contributed by atoms with Crippen LogP contribution >= 0.6 is 0 Å². The topological polar surface area (TPSA) is 83.3 Å². The monoisotopic (exact) mass is 520 g/mol. The van der Waals surface area contributed by atoms with E-state index < -0.39 is 0 Å². The molecule has 0 spiro atoms. The molecule has 0 amide bonds. The average molecular weight is 521 g/mol. The Morgan fingerprint density at radius 3 is 1.74 bits per heavy atom. The Balaban J connectivity index is 0.000000216. The van der Waals surface area contributed by atoms with Crippen molar-refractivity contribution in [3.8, 4) is 11.5 Å². The van der Waals surface area contributed by atoms with Crippen molar-refractivity contribution in [2.45, 2.75) is 40.0 Å². The van der Waals surface area contributed by atoms with Crippen molar-refractivity contribution in [2.75, 3.05) is 0 Å². The van der Waals surface area contributed by atoms with Crippen LogP contribution in [0.3, 0.4) is 0 Å². The Morgan fingerprint density at radius 2 is 1.26 bits per heavy atom. The fourth-order valence-electron chi connectivity index (χ4n) is 4.60. The van der Waals surface area contributed by atoms with Crippen LogP contribution in [0.1, 0.15) is 51.2 Å². The lowest BCUT2D eigenvalue weighted by atomic mass is 9.74. The molecule has 2 aromatic carbocycles. The highest BCUT2D eigenvalue weighted by Crippen LogP contribution is 2.38. The van der Waals surface area contributed by atoms with Crippen molar-refractivity contribution in [1.82, 2.24) is 0 Å². The van der Waals surface area contributed by atoms with Crippen molar-refractivity contribution in [2.24, 2.45) is 16.7 Å². The van der Waals surface area contributed by atoms with Gasteiger partial charge in [-0.2, -0.15) is 0 Å². The fraction of sp³-hybridized carbons (Fsp3) is 0.273. The van der Waals surface area contributed by atoms with Crippen LogP contribution in [0.4, 0.5) is 0 Å². The van der Waals surface area contributed by atoms with E-state index in [-0.39, 0.29) is 51.2 Å². The smallest absolute Gasteiger partial charge is 0.226 e. The highest BCUT2D eigenvalue weighted by Gasteiger charge is 2.33. The van der Waals surface area contributed by atoms with Gasteiger partial charge in [0.1, 0.15) is 11.5 Å². The second-order valence-electron chi connectivity index (χ2n) is 10.5. The molecule has 6 nitrogen and oxygen atoms in total. The zero-order valence-electron chi connectivity index (χ0n) is 22.4. The predicted molar refractivity (Wildman–Crippen MR) is 153 cm³/mol. The molecule has 0 aliphatic heterocycles. The molecule has 0 aromatic heterocycles. The number of allylic oxidation sites excluding steroid dienone is 6. The predicted octanol–water partition coefficient (Wildman–Crippen LogP) is 7.40. The summed E-state index contributed by atoms with van der Waals surface area (Å²) in [6.45, 7) is 20.0. The van der Waals surface area contributed by atoms with Crippen LogP contribution in [0, 0.1) is 29.9 Å². The molecule has 2 aliphatic rings. The van der Waals surface area contributed by atoms with E-state index in [1.54, 1.807) is 36.4 Å². The van der Waals surface area contributed by atoms with Crippen LogP contribution in [0.15, 0.2) is 84.2 Å². The van der Waals surface area contributed by atoms with Crippen LogP contribution in [0.5, 0.6) is 11.5 Å². The number of phenolic OH excluding ortho intramolecular Hbond substituents is 2. The molecule has 3 atom stereocenters. The summed E-state index contributed by atoms with van der Waals surface area (Å²) in [7, 11) is 0. The Morgan fingerprint density at radius 1 is 0.795 bits per heavy atom. The average Bonchev–Trinajstić information content (AvgIpc) is 2.92. The van der Waals surface area contributed by atoms with E-state index in [0.717, 1.165) is 17.5 Å². The maximum atomic E-state index is 11.8. The summed E-state index contributed by atoms with van der Waals surface area (Å²) in [5.41, 5.74) is 1.89. The quantitative estimate of drug-likeness (QED) is 0.412. The third-order valence-corrected chi connectivity index (χ3v) is 6.90. The van der Waals surface area contributed by atoms with Crippen LogP contribution < -0.4 is 0 Å². The molecule has 2 aliphatic carbocycles. The van der Waals surface area contributed by atoms with Crippen LogP contribution in [-0.4, -0.2) is 21.8 Å². The van der Waals surface area contributed by atoms with E-state index in [1.807, 2.05) is 69.3 Å². The Kier molecular flexibility index (Phi) is 9.07. The maximum Gasteiger partial charge on any atom is 0.226 e. The number of carbonyl (C=O) groups is 2. The van der Waals surface area contributed by atoms with E-state index in [2.05, 4.69) is 9.69 Å². The highest BCUT2D eigenvalue weighted by atomic mass is 16.3. The summed E-state index contributed by atoms with van der Waals surface area (Å²) in [6.07, 6.45) is 13.3. The van der Waals surface area contributed by atoms with E-state index in [0.29, 0.717) is 12.8 Å². The van der Waals surface area contributed by atoms with Crippen molar-refractivity contribution in [3.05, 3.63) is 118 Å². The first-order valence-electron chi connectivity index (χ1n) is 12.7. The summed E-state index contributed by atoms with van der Waals surface area (Å²) < 4.78 is 0. The first-order chi connectivity index (χ1) is 18.5. The molecule has 2 aromatic rings. The van der Waals surface area contributed by atoms with Gasteiger partial charge in [0.2, 0.25) is 11.4 Å². The standard InChI is InChI=1S/C17H17NO2.C16H15NO2/c1-12-10-17(2,11-15(18-3)16(12)20)9-8-13-4-6-14(19)7-5-13;1-16(10-8-15(19)14(11-16)17-2)9-7-12-3-5-13(18)6-4-12/h4-9,11-12,19H,10H2,1-2H3;3-7,9,11,18H,8,10H2,1H3/b9-8+;9-7+/t12?,17-;16-/m11/s1. The number of rotatable bonds is 4. The lowest BCUT2D eigenvalue weighted by Gasteiger charge is -2.30.